The molecule has 6 aromatic heterocycles. The number of fused-ring (bicyclic) bond motifs is 2. The predicted octanol–water partition coefficient (Wildman–Crippen LogP) is 6.22. The van der Waals surface area contributed by atoms with Gasteiger partial charge in [-0.15, -0.1) is 34.6 Å². The molecule has 0 bridgehead atoms. The van der Waals surface area contributed by atoms with Crippen LogP contribution in [0.15, 0.2) is 18.0 Å². The summed E-state index contributed by atoms with van der Waals surface area (Å²) in [4.78, 5) is 63.4. The lowest BCUT2D eigenvalue weighted by Crippen LogP contribution is -2.28. The Morgan fingerprint density at radius 2 is 1.34 bits per heavy atom. The average Bonchev–Trinajstić information content (AvgIpc) is 4.03. The maximum atomic E-state index is 13.4. The number of anilines is 4. The maximum absolute atomic E-state index is 13.4. The van der Waals surface area contributed by atoms with E-state index in [0.29, 0.717) is 44.2 Å². The fourth-order valence-corrected chi connectivity index (χ4v) is 11.3. The Hall–Kier alpha value is -5.76. The summed E-state index contributed by atoms with van der Waals surface area (Å²) in [6.07, 6.45) is 16.1. The number of nitrogens with two attached hydrogens (primary N) is 2. The minimum absolute atomic E-state index is 0.00340. The van der Waals surface area contributed by atoms with E-state index in [1.165, 1.54) is 22.7 Å². The molecular formula is C40H46N14O2S2Si. The van der Waals surface area contributed by atoms with E-state index in [1.807, 2.05) is 23.8 Å². The first-order valence-corrected chi connectivity index (χ1v) is 24.7. The van der Waals surface area contributed by atoms with Gasteiger partial charge in [-0.2, -0.15) is 0 Å². The summed E-state index contributed by atoms with van der Waals surface area (Å²) in [5, 5.41) is 9.28. The van der Waals surface area contributed by atoms with Crippen LogP contribution in [0, 0.1) is 49.5 Å². The molecule has 19 heteroatoms. The van der Waals surface area contributed by atoms with Gasteiger partial charge in [-0.25, -0.2) is 39.9 Å². The number of aryl methyl sites for hydroxylation is 3. The smallest absolute Gasteiger partial charge is 0.229 e. The van der Waals surface area contributed by atoms with E-state index in [-0.39, 0.29) is 47.4 Å². The largest absolute Gasteiger partial charge is 0.382 e. The summed E-state index contributed by atoms with van der Waals surface area (Å²) in [6, 6.07) is 1.19. The Morgan fingerprint density at radius 3 is 1.88 bits per heavy atom. The molecule has 8 rings (SSSR count). The van der Waals surface area contributed by atoms with Crippen molar-refractivity contribution in [3.8, 4) is 23.8 Å². The number of carbonyl (C=O) groups is 2. The Labute approximate surface area is 350 Å². The number of nitrogens with one attached hydrogen (secondary N) is 2. The molecule has 16 nitrogen and oxygen atoms in total. The lowest BCUT2D eigenvalue weighted by atomic mass is 9.85. The summed E-state index contributed by atoms with van der Waals surface area (Å²) in [6.45, 7) is 8.37. The van der Waals surface area contributed by atoms with Gasteiger partial charge < -0.3 is 31.2 Å². The van der Waals surface area contributed by atoms with Crippen LogP contribution >= 0.6 is 22.7 Å². The molecule has 2 saturated carbocycles. The molecule has 6 N–H and O–H groups in total. The Bertz CT molecular complexity index is 2660. The van der Waals surface area contributed by atoms with Gasteiger partial charge in [0.25, 0.3) is 0 Å². The van der Waals surface area contributed by atoms with Crippen molar-refractivity contribution in [1.29, 1.82) is 0 Å². The van der Waals surface area contributed by atoms with Crippen molar-refractivity contribution in [2.45, 2.75) is 103 Å². The third-order valence-electron chi connectivity index (χ3n) is 11.4. The summed E-state index contributed by atoms with van der Waals surface area (Å²) >= 11 is 2.98. The molecular weight excluding hydrogens is 801 g/mol. The van der Waals surface area contributed by atoms with E-state index in [2.05, 4.69) is 75.6 Å². The normalized spacial score (nSPS) is 19.6. The number of rotatable bonds is 9. The number of imidazole rings is 2. The molecule has 2 fully saturated rings. The molecule has 59 heavy (non-hydrogen) atoms. The lowest BCUT2D eigenvalue weighted by molar-refractivity contribution is -0.121. The number of terminal acetylenes is 1. The molecule has 0 unspecified atom stereocenters. The number of thiazole rings is 2. The topological polar surface area (TPSA) is 223 Å². The van der Waals surface area contributed by atoms with Crippen molar-refractivity contribution in [3.63, 3.8) is 0 Å². The van der Waals surface area contributed by atoms with Crippen LogP contribution in [0.25, 0.3) is 22.3 Å². The van der Waals surface area contributed by atoms with Crippen molar-refractivity contribution in [3.05, 3.63) is 45.9 Å². The van der Waals surface area contributed by atoms with Crippen molar-refractivity contribution >= 4 is 86.8 Å². The zero-order chi connectivity index (χ0) is 41.4. The first-order valence-electron chi connectivity index (χ1n) is 19.8. The second-order valence-corrected chi connectivity index (χ2v) is 22.6. The zero-order valence-electron chi connectivity index (χ0n) is 33.4. The SMILES string of the molecule is C#Cc1nc(N)c2ncn(C3CCC(C(=O)Nc4nc(C)c(CC[Si](C)(C)C#Cc5nc(N)c6ncn(C7CCC(C(=O)Nc8nc(C)cs8)CC7)c6n5)s4)CC3)c2n1. The van der Waals surface area contributed by atoms with Crippen LogP contribution in [-0.2, 0) is 16.0 Å². The number of hydrogen-bond acceptors (Lipinski definition) is 14. The van der Waals surface area contributed by atoms with Crippen LogP contribution in [0.2, 0.25) is 19.1 Å². The van der Waals surface area contributed by atoms with Gasteiger partial charge in [0.05, 0.1) is 24.0 Å². The molecule has 304 valence electrons. The van der Waals surface area contributed by atoms with E-state index in [4.69, 9.17) is 27.9 Å². The van der Waals surface area contributed by atoms with Gasteiger partial charge >= 0.3 is 0 Å². The fourth-order valence-electron chi connectivity index (χ4n) is 8.02. The molecule has 2 amide bonds. The molecule has 6 heterocycles. The Balaban J connectivity index is 0.850. The Morgan fingerprint density at radius 1 is 0.797 bits per heavy atom. The molecule has 0 aliphatic heterocycles. The highest BCUT2D eigenvalue weighted by atomic mass is 32.1. The van der Waals surface area contributed by atoms with E-state index >= 15 is 0 Å². The molecule has 0 saturated heterocycles. The quantitative estimate of drug-likeness (QED) is 0.0940. The number of nitrogen functional groups attached to an aromatic ring is 2. The highest BCUT2D eigenvalue weighted by Crippen LogP contribution is 2.37. The summed E-state index contributed by atoms with van der Waals surface area (Å²) in [5.74, 6) is 6.74. The van der Waals surface area contributed by atoms with Crippen LogP contribution < -0.4 is 22.1 Å². The number of aromatic nitrogens is 10. The highest BCUT2D eigenvalue weighted by Gasteiger charge is 2.31. The number of nitrogens with zero attached hydrogens (tertiary/aromatic N) is 10. The van der Waals surface area contributed by atoms with Crippen LogP contribution in [0.1, 0.15) is 91.4 Å². The predicted molar refractivity (Wildman–Crippen MR) is 233 cm³/mol. The molecule has 0 radical (unpaired) electrons. The third kappa shape index (κ3) is 8.68. The van der Waals surface area contributed by atoms with E-state index in [0.717, 1.165) is 80.1 Å². The van der Waals surface area contributed by atoms with Crippen LogP contribution in [0.3, 0.4) is 0 Å². The first kappa shape index (κ1) is 40.0. The van der Waals surface area contributed by atoms with Gasteiger partial charge in [0, 0.05) is 34.2 Å². The van der Waals surface area contributed by atoms with Gasteiger partial charge in [-0.1, -0.05) is 13.1 Å². The lowest BCUT2D eigenvalue weighted by Gasteiger charge is -2.28. The maximum Gasteiger partial charge on any atom is 0.229 e. The minimum atomic E-state index is -2.04. The molecule has 2 aliphatic rings. The standard InChI is InChI=1S/C40H46N14O2S2Si/c1-6-29-47-33(41)31-35(49-29)53(20-43-31)26-13-9-25(10-14-26)38(56)52-40-46-23(3)28(58-40)15-17-59(4,5)18-16-30-48-34(42)32-36(50-30)54(21-44-32)27-11-7-24(8-12-27)37(55)51-39-45-22(2)19-57-39/h1,19-21,24-27H,7-15,17H2,2-5H3,(H2,41,47,49)(H2,42,48,50)(H,45,51,55)(H,46,52,56). The highest BCUT2D eigenvalue weighted by molar-refractivity contribution is 7.16. The minimum Gasteiger partial charge on any atom is -0.382 e. The van der Waals surface area contributed by atoms with E-state index < -0.39 is 8.07 Å². The van der Waals surface area contributed by atoms with Crippen LogP contribution in [0.4, 0.5) is 21.9 Å². The van der Waals surface area contributed by atoms with Crippen molar-refractivity contribution in [1.82, 2.24) is 49.0 Å². The van der Waals surface area contributed by atoms with Crippen molar-refractivity contribution < 1.29 is 9.59 Å². The summed E-state index contributed by atoms with van der Waals surface area (Å²) in [7, 11) is -2.04. The van der Waals surface area contributed by atoms with Crippen molar-refractivity contribution in [2.24, 2.45) is 11.8 Å². The molecule has 6 aromatic rings. The van der Waals surface area contributed by atoms with Gasteiger partial charge in [-0.05, 0) is 89.5 Å². The number of carbonyl (C=O) groups excluding carboxylic acids is 2. The average molecular weight is 847 g/mol. The van der Waals surface area contributed by atoms with Gasteiger partial charge in [0.1, 0.15) is 19.1 Å². The second-order valence-electron chi connectivity index (χ2n) is 16.1. The molecule has 0 aromatic carbocycles. The van der Waals surface area contributed by atoms with Gasteiger partial charge in [-0.3, -0.25) is 9.59 Å². The van der Waals surface area contributed by atoms with E-state index in [1.54, 1.807) is 12.7 Å². The molecule has 2 aliphatic carbocycles. The number of hydrogen-bond donors (Lipinski definition) is 4. The van der Waals surface area contributed by atoms with Gasteiger partial charge in [0.15, 0.2) is 33.2 Å². The Kier molecular flexibility index (Phi) is 11.2. The molecule has 0 spiro atoms. The van der Waals surface area contributed by atoms with Crippen LogP contribution in [-0.4, -0.2) is 68.9 Å². The zero-order valence-corrected chi connectivity index (χ0v) is 36.1. The van der Waals surface area contributed by atoms with Gasteiger partial charge in [0.2, 0.25) is 23.5 Å². The van der Waals surface area contributed by atoms with E-state index in [9.17, 15) is 9.59 Å². The monoisotopic (exact) mass is 846 g/mol. The van der Waals surface area contributed by atoms with Crippen LogP contribution in [0.5, 0.6) is 0 Å². The first-order chi connectivity index (χ1) is 28.3. The summed E-state index contributed by atoms with van der Waals surface area (Å²) < 4.78 is 4.08. The molecule has 0 atom stereocenters. The summed E-state index contributed by atoms with van der Waals surface area (Å²) in [5.41, 5.74) is 20.2. The fraction of sp³-hybridized carbons (Fsp3) is 0.450. The number of amides is 2. The van der Waals surface area contributed by atoms with Crippen molar-refractivity contribution in [2.75, 3.05) is 22.1 Å². The second kappa shape index (κ2) is 16.5. The third-order valence-corrected chi connectivity index (χ3v) is 15.7.